The van der Waals surface area contributed by atoms with Crippen molar-refractivity contribution in [1.29, 1.82) is 0 Å². The van der Waals surface area contributed by atoms with Crippen molar-refractivity contribution in [3.63, 3.8) is 0 Å². The van der Waals surface area contributed by atoms with E-state index in [4.69, 9.17) is 5.73 Å². The van der Waals surface area contributed by atoms with Crippen LogP contribution in [-0.2, 0) is 6.54 Å². The number of aromatic nitrogens is 2. The predicted molar refractivity (Wildman–Crippen MR) is 57.6 cm³/mol. The van der Waals surface area contributed by atoms with Crippen molar-refractivity contribution in [2.75, 3.05) is 0 Å². The van der Waals surface area contributed by atoms with Crippen molar-refractivity contribution in [2.24, 2.45) is 5.73 Å². The SMILES string of the molecule is NCc1ccc(=O)n(-c2c(F)cccc2F)n1. The van der Waals surface area contributed by atoms with Crippen molar-refractivity contribution in [3.05, 3.63) is 58.0 Å². The number of benzene rings is 1. The van der Waals surface area contributed by atoms with Crippen molar-refractivity contribution in [1.82, 2.24) is 9.78 Å². The van der Waals surface area contributed by atoms with Gasteiger partial charge in [0.05, 0.1) is 5.69 Å². The Labute approximate surface area is 95.3 Å². The summed E-state index contributed by atoms with van der Waals surface area (Å²) in [6.45, 7) is 0.0797. The van der Waals surface area contributed by atoms with Crippen LogP contribution in [0.4, 0.5) is 8.78 Å². The second-order valence-corrected chi connectivity index (χ2v) is 3.35. The fourth-order valence-corrected chi connectivity index (χ4v) is 1.41. The lowest BCUT2D eigenvalue weighted by atomic mass is 10.3. The molecule has 0 saturated carbocycles. The maximum atomic E-state index is 13.5. The quantitative estimate of drug-likeness (QED) is 0.846. The molecular formula is C11H9F2N3O. The van der Waals surface area contributed by atoms with E-state index < -0.39 is 22.9 Å². The molecule has 0 aliphatic heterocycles. The minimum Gasteiger partial charge on any atom is -0.325 e. The van der Waals surface area contributed by atoms with Gasteiger partial charge in [-0.15, -0.1) is 0 Å². The summed E-state index contributed by atoms with van der Waals surface area (Å²) >= 11 is 0. The number of para-hydroxylation sites is 1. The molecule has 2 rings (SSSR count). The highest BCUT2D eigenvalue weighted by Crippen LogP contribution is 2.14. The highest BCUT2D eigenvalue weighted by atomic mass is 19.1. The first-order chi connectivity index (χ1) is 8.13. The highest BCUT2D eigenvalue weighted by Gasteiger charge is 2.13. The number of halogens is 2. The van der Waals surface area contributed by atoms with E-state index in [2.05, 4.69) is 5.10 Å². The number of hydrogen-bond acceptors (Lipinski definition) is 3. The molecule has 4 nitrogen and oxygen atoms in total. The lowest BCUT2D eigenvalue weighted by Gasteiger charge is -2.07. The Balaban J connectivity index is 2.72. The smallest absolute Gasteiger partial charge is 0.271 e. The van der Waals surface area contributed by atoms with Crippen molar-refractivity contribution in [3.8, 4) is 5.69 Å². The van der Waals surface area contributed by atoms with Gasteiger partial charge < -0.3 is 5.73 Å². The van der Waals surface area contributed by atoms with Crippen LogP contribution in [-0.4, -0.2) is 9.78 Å². The Morgan fingerprint density at radius 2 is 1.82 bits per heavy atom. The maximum absolute atomic E-state index is 13.5. The van der Waals surface area contributed by atoms with Crippen molar-refractivity contribution < 1.29 is 8.78 Å². The van der Waals surface area contributed by atoms with Gasteiger partial charge in [0.25, 0.3) is 5.56 Å². The monoisotopic (exact) mass is 237 g/mol. The molecule has 2 aromatic rings. The van der Waals surface area contributed by atoms with E-state index in [9.17, 15) is 13.6 Å². The summed E-state index contributed by atoms with van der Waals surface area (Å²) < 4.78 is 27.6. The van der Waals surface area contributed by atoms with E-state index in [0.717, 1.165) is 12.1 Å². The molecule has 88 valence electrons. The van der Waals surface area contributed by atoms with Crippen LogP contribution in [0.25, 0.3) is 5.69 Å². The zero-order valence-electron chi connectivity index (χ0n) is 8.73. The molecule has 1 aromatic carbocycles. The molecule has 0 spiro atoms. The van der Waals surface area contributed by atoms with E-state index in [1.54, 1.807) is 0 Å². The molecule has 0 unspecified atom stereocenters. The Morgan fingerprint density at radius 3 is 2.41 bits per heavy atom. The van der Waals surface area contributed by atoms with Gasteiger partial charge in [0.1, 0.15) is 5.69 Å². The van der Waals surface area contributed by atoms with Gasteiger partial charge in [0.2, 0.25) is 0 Å². The summed E-state index contributed by atoms with van der Waals surface area (Å²) in [5, 5.41) is 3.78. The summed E-state index contributed by atoms with van der Waals surface area (Å²) in [7, 11) is 0. The molecule has 1 aromatic heterocycles. The Kier molecular flexibility index (Phi) is 2.97. The second kappa shape index (κ2) is 4.42. The molecule has 0 atom stereocenters. The maximum Gasteiger partial charge on any atom is 0.271 e. The summed E-state index contributed by atoms with van der Waals surface area (Å²) in [5.41, 5.74) is 4.61. The molecule has 0 aliphatic rings. The van der Waals surface area contributed by atoms with Gasteiger partial charge in [-0.05, 0) is 18.2 Å². The first-order valence-electron chi connectivity index (χ1n) is 4.87. The summed E-state index contributed by atoms with van der Waals surface area (Å²) in [6.07, 6.45) is 0. The fourth-order valence-electron chi connectivity index (χ4n) is 1.41. The first kappa shape index (κ1) is 11.4. The third kappa shape index (κ3) is 2.07. The largest absolute Gasteiger partial charge is 0.325 e. The second-order valence-electron chi connectivity index (χ2n) is 3.35. The molecule has 2 N–H and O–H groups in total. The van der Waals surface area contributed by atoms with Gasteiger partial charge in [-0.2, -0.15) is 9.78 Å². The van der Waals surface area contributed by atoms with E-state index in [0.29, 0.717) is 10.4 Å². The average Bonchev–Trinajstić information content (AvgIpc) is 2.31. The molecule has 0 amide bonds. The fraction of sp³-hybridized carbons (Fsp3) is 0.0909. The predicted octanol–water partition coefficient (Wildman–Crippen LogP) is 0.969. The number of rotatable bonds is 2. The molecule has 6 heteroatoms. The average molecular weight is 237 g/mol. The number of nitrogens with two attached hydrogens (primary N) is 1. The molecule has 0 aliphatic carbocycles. The van der Waals surface area contributed by atoms with E-state index >= 15 is 0 Å². The minimum absolute atomic E-state index is 0.0797. The molecular weight excluding hydrogens is 228 g/mol. The van der Waals surface area contributed by atoms with E-state index in [1.807, 2.05) is 0 Å². The lowest BCUT2D eigenvalue weighted by Crippen LogP contribution is -2.24. The normalized spacial score (nSPS) is 10.5. The molecule has 17 heavy (non-hydrogen) atoms. The van der Waals surface area contributed by atoms with E-state index in [1.165, 1.54) is 18.2 Å². The third-order valence-corrected chi connectivity index (χ3v) is 2.21. The van der Waals surface area contributed by atoms with Gasteiger partial charge in [0.15, 0.2) is 11.6 Å². The molecule has 0 bridgehead atoms. The van der Waals surface area contributed by atoms with Crippen LogP contribution in [0.3, 0.4) is 0 Å². The van der Waals surface area contributed by atoms with Crippen LogP contribution in [0.15, 0.2) is 35.1 Å². The summed E-state index contributed by atoms with van der Waals surface area (Å²) in [4.78, 5) is 11.5. The van der Waals surface area contributed by atoms with Crippen LogP contribution in [0, 0.1) is 11.6 Å². The zero-order chi connectivity index (χ0) is 12.4. The van der Waals surface area contributed by atoms with Crippen molar-refractivity contribution in [2.45, 2.75) is 6.54 Å². The third-order valence-electron chi connectivity index (χ3n) is 2.21. The lowest BCUT2D eigenvalue weighted by molar-refractivity contribution is 0.551. The zero-order valence-corrected chi connectivity index (χ0v) is 8.73. The van der Waals surface area contributed by atoms with Crippen LogP contribution in [0.2, 0.25) is 0 Å². The van der Waals surface area contributed by atoms with Gasteiger partial charge in [-0.3, -0.25) is 4.79 Å². The minimum atomic E-state index is -0.853. The Hall–Kier alpha value is -2.08. The van der Waals surface area contributed by atoms with Crippen LogP contribution >= 0.6 is 0 Å². The molecule has 0 saturated heterocycles. The molecule has 0 fully saturated rings. The van der Waals surface area contributed by atoms with Gasteiger partial charge in [0, 0.05) is 12.6 Å². The Morgan fingerprint density at radius 1 is 1.18 bits per heavy atom. The summed E-state index contributed by atoms with van der Waals surface area (Å²) in [6, 6.07) is 5.91. The topological polar surface area (TPSA) is 60.9 Å². The van der Waals surface area contributed by atoms with Gasteiger partial charge in [-0.25, -0.2) is 8.78 Å². The van der Waals surface area contributed by atoms with Crippen LogP contribution in [0.5, 0.6) is 0 Å². The van der Waals surface area contributed by atoms with Crippen LogP contribution in [0.1, 0.15) is 5.69 Å². The number of nitrogens with zero attached hydrogens (tertiary/aromatic N) is 2. The Bertz CT molecular complexity index is 590. The van der Waals surface area contributed by atoms with Crippen LogP contribution < -0.4 is 11.3 Å². The standard InChI is InChI=1S/C11H9F2N3O/c12-8-2-1-3-9(13)11(8)16-10(17)5-4-7(6-14)15-16/h1-5H,6,14H2. The first-order valence-corrected chi connectivity index (χ1v) is 4.87. The van der Waals surface area contributed by atoms with Gasteiger partial charge in [-0.1, -0.05) is 6.07 Å². The van der Waals surface area contributed by atoms with Crippen molar-refractivity contribution >= 4 is 0 Å². The molecule has 1 heterocycles. The van der Waals surface area contributed by atoms with E-state index in [-0.39, 0.29) is 6.54 Å². The van der Waals surface area contributed by atoms with Gasteiger partial charge >= 0.3 is 0 Å². The number of hydrogen-bond donors (Lipinski definition) is 1. The molecule has 0 radical (unpaired) electrons. The summed E-state index contributed by atoms with van der Waals surface area (Å²) in [5.74, 6) is -1.71. The highest BCUT2D eigenvalue weighted by molar-refractivity contribution is 5.34.